The first-order valence-electron chi connectivity index (χ1n) is 29.2. The quantitative estimate of drug-likeness (QED) is 0.0382. The number of rotatable bonds is 22. The van der Waals surface area contributed by atoms with Gasteiger partial charge in [-0.3, -0.25) is 9.59 Å². The molecule has 448 valence electrons. The highest BCUT2D eigenvalue weighted by Gasteiger charge is 2.56. The van der Waals surface area contributed by atoms with E-state index in [-0.39, 0.29) is 61.6 Å². The number of amides is 2. The summed E-state index contributed by atoms with van der Waals surface area (Å²) in [5.41, 5.74) is -2.07. The van der Waals surface area contributed by atoms with Gasteiger partial charge in [0.1, 0.15) is 54.8 Å². The van der Waals surface area contributed by atoms with Crippen LogP contribution in [0, 0.1) is 0 Å². The lowest BCUT2D eigenvalue weighted by atomic mass is 9.69. The van der Waals surface area contributed by atoms with Gasteiger partial charge in [0.15, 0.2) is 0 Å². The monoisotopic (exact) mass is 1200 g/mol. The molecule has 2 aliphatic rings. The van der Waals surface area contributed by atoms with Gasteiger partial charge in [0, 0.05) is 24.6 Å². The van der Waals surface area contributed by atoms with Crippen molar-refractivity contribution in [2.75, 3.05) is 49.3 Å². The molecule has 1 atom stereocenters. The van der Waals surface area contributed by atoms with Crippen molar-refractivity contribution < 1.29 is 54.9 Å². The number of hydrogen-bond acceptors (Lipinski definition) is 6. The van der Waals surface area contributed by atoms with E-state index in [4.69, 9.17) is 18.9 Å². The number of anilines is 2. The van der Waals surface area contributed by atoms with Gasteiger partial charge >= 0.3 is 12.4 Å². The molecule has 2 amide bonds. The summed E-state index contributed by atoms with van der Waals surface area (Å²) in [6, 6.07) is 51.9. The fourth-order valence-corrected chi connectivity index (χ4v) is 12.9. The first-order chi connectivity index (χ1) is 43.0. The molecule has 8 nitrogen and oxygen atoms in total. The number of halogens is 6. The summed E-state index contributed by atoms with van der Waals surface area (Å²) in [5, 5.41) is 6.18. The number of hydrogen-bond donors (Lipinski definition) is 0. The summed E-state index contributed by atoms with van der Waals surface area (Å²) < 4.78 is 117. The third kappa shape index (κ3) is 11.1. The van der Waals surface area contributed by atoms with Crippen molar-refractivity contribution in [3.63, 3.8) is 0 Å². The Kier molecular flexibility index (Phi) is 16.1. The molecule has 0 N–H and O–H groups in total. The lowest BCUT2D eigenvalue weighted by Gasteiger charge is -2.31. The molecule has 10 aromatic carbocycles. The van der Waals surface area contributed by atoms with E-state index in [1.54, 1.807) is 60.7 Å². The maximum Gasteiger partial charge on any atom is 0.418 e. The fourth-order valence-electron chi connectivity index (χ4n) is 12.9. The van der Waals surface area contributed by atoms with E-state index >= 15 is 35.9 Å². The molecule has 10 aromatic rings. The van der Waals surface area contributed by atoms with Crippen molar-refractivity contribution in [2.24, 2.45) is 0 Å². The van der Waals surface area contributed by atoms with Crippen molar-refractivity contribution in [3.05, 3.63) is 277 Å². The minimum Gasteiger partial charge on any atom is -0.490 e. The number of para-hydroxylation sites is 2. The lowest BCUT2D eigenvalue weighted by Crippen LogP contribution is -2.43. The van der Waals surface area contributed by atoms with E-state index in [2.05, 4.69) is 26.3 Å². The van der Waals surface area contributed by atoms with Crippen LogP contribution in [0.4, 0.5) is 37.7 Å². The van der Waals surface area contributed by atoms with E-state index in [1.165, 1.54) is 21.9 Å². The Morgan fingerprint density at radius 1 is 0.438 bits per heavy atom. The van der Waals surface area contributed by atoms with E-state index < -0.39 is 52.5 Å². The van der Waals surface area contributed by atoms with Gasteiger partial charge < -0.3 is 28.7 Å². The van der Waals surface area contributed by atoms with Crippen LogP contribution in [0.2, 0.25) is 0 Å². The van der Waals surface area contributed by atoms with Gasteiger partial charge in [-0.2, -0.15) is 26.3 Å². The third-order valence-corrected chi connectivity index (χ3v) is 16.8. The van der Waals surface area contributed by atoms with Crippen LogP contribution in [0.3, 0.4) is 0 Å². The smallest absolute Gasteiger partial charge is 0.418 e. The van der Waals surface area contributed by atoms with Crippen LogP contribution in [0.5, 0.6) is 23.0 Å². The Bertz CT molecular complexity index is 4270. The molecular weight excluding hydrogens is 1140 g/mol. The predicted octanol–water partition coefficient (Wildman–Crippen LogP) is 18.0. The molecule has 0 saturated carbocycles. The van der Waals surface area contributed by atoms with Crippen LogP contribution in [0.15, 0.2) is 233 Å². The van der Waals surface area contributed by atoms with Gasteiger partial charge in [0.25, 0.3) is 0 Å². The summed E-state index contributed by atoms with van der Waals surface area (Å²) >= 11 is 0. The molecule has 0 aliphatic carbocycles. The minimum atomic E-state index is -4.93. The number of nitrogens with zero attached hydrogens (tertiary/aromatic N) is 2. The second-order valence-corrected chi connectivity index (χ2v) is 22.2. The van der Waals surface area contributed by atoms with Crippen molar-refractivity contribution in [2.45, 2.75) is 42.4 Å². The van der Waals surface area contributed by atoms with Crippen molar-refractivity contribution in [1.82, 2.24) is 0 Å². The van der Waals surface area contributed by atoms with Crippen LogP contribution in [-0.2, 0) is 27.4 Å². The molecule has 89 heavy (non-hydrogen) atoms. The highest BCUT2D eigenvalue weighted by Crippen LogP contribution is 2.56. The zero-order chi connectivity index (χ0) is 62.2. The van der Waals surface area contributed by atoms with Crippen molar-refractivity contribution in [1.29, 1.82) is 0 Å². The summed E-state index contributed by atoms with van der Waals surface area (Å²) in [7, 11) is 0. The Hall–Kier alpha value is -10.1. The first-order valence-corrected chi connectivity index (χ1v) is 29.2. The fraction of sp³-hybridized carbons (Fsp3) is 0.173. The lowest BCUT2D eigenvalue weighted by molar-refractivity contribution is -0.138. The Labute approximate surface area is 510 Å². The maximum atomic E-state index is 16.2. The number of alkyl halides is 6. The molecule has 2 aliphatic heterocycles. The Morgan fingerprint density at radius 3 is 1.24 bits per heavy atom. The summed E-state index contributed by atoms with van der Waals surface area (Å²) in [6.07, 6.45) is -3.32. The van der Waals surface area contributed by atoms with Crippen LogP contribution < -0.4 is 28.7 Å². The number of benzene rings is 10. The molecule has 1 unspecified atom stereocenters. The van der Waals surface area contributed by atoms with Crippen molar-refractivity contribution >= 4 is 66.3 Å². The van der Waals surface area contributed by atoms with Gasteiger partial charge in [-0.05, 0) is 157 Å². The molecule has 0 fully saturated rings. The molecule has 12 rings (SSSR count). The topological polar surface area (TPSA) is 77.5 Å². The molecule has 0 saturated heterocycles. The molecule has 0 radical (unpaired) electrons. The molecule has 2 heterocycles. The van der Waals surface area contributed by atoms with E-state index in [0.717, 1.165) is 44.5 Å². The second-order valence-electron chi connectivity index (χ2n) is 22.2. The average Bonchev–Trinajstić information content (AvgIpc) is 1.61. The largest absolute Gasteiger partial charge is 0.490 e. The highest BCUT2D eigenvalue weighted by molar-refractivity contribution is 6.14. The zero-order valence-corrected chi connectivity index (χ0v) is 48.4. The maximum absolute atomic E-state index is 16.2. The van der Waals surface area contributed by atoms with Gasteiger partial charge in [0.2, 0.25) is 11.8 Å². The first kappa shape index (κ1) is 59.3. The van der Waals surface area contributed by atoms with E-state index in [9.17, 15) is 0 Å². The third-order valence-electron chi connectivity index (χ3n) is 16.8. The van der Waals surface area contributed by atoms with Gasteiger partial charge in [-0.25, -0.2) is 0 Å². The van der Waals surface area contributed by atoms with Crippen LogP contribution in [-0.4, -0.2) is 51.3 Å². The average molecular weight is 1200 g/mol. The highest BCUT2D eigenvalue weighted by atomic mass is 19.4. The van der Waals surface area contributed by atoms with Gasteiger partial charge in [-0.15, -0.1) is 0 Å². The second kappa shape index (κ2) is 24.2. The predicted molar refractivity (Wildman–Crippen MR) is 340 cm³/mol. The molecule has 14 heteroatoms. The molecular formula is C75H60F6N2O6. The summed E-state index contributed by atoms with van der Waals surface area (Å²) in [6.45, 7) is 15.5. The standard InChI is InChI=1S/C75H60F6N2O6/c1-5-35-86-59-29-23-47-39-55(19-17-51(47)43-59)67(56-20-18-52-44-60(87-36-6-2)30-24-48(52)40-56)68-63-13-11-15-65(74(76,77)78)69(63)82(71(68)84)33-9-10-34-83-70-64(14-12-16-66(70)75(79,80)81)73(72(83)85,57-27-21-53-45-61(88-37-7-3)31-25-49(53)41-57)58-28-22-54-46-62(89-38-8-4)32-26-50(54)42-58/h5-8,11-32,39-46,67-68H,1-4,9-10,33-38H2. The molecule has 0 bridgehead atoms. The van der Waals surface area contributed by atoms with E-state index in [0.29, 0.717) is 69.2 Å². The van der Waals surface area contributed by atoms with E-state index in [1.807, 2.05) is 121 Å². The number of ether oxygens (including phenoxy) is 4. The summed E-state index contributed by atoms with van der Waals surface area (Å²) in [4.78, 5) is 34.2. The minimum absolute atomic E-state index is 0.00795. The SMILES string of the molecule is C=CCOc1ccc2cc(C(c3ccc4cc(OCC=C)ccc4c3)C3C(=O)N(CCCCN4C(=O)C(c5ccc6cc(OCC=C)ccc6c5)(c5ccc6cc(OCC=C)ccc6c5)c5cccc(C(F)(F)F)c54)c4c3cccc4C(F)(F)F)ccc2c1. The number of carbonyl (C=O) groups excluding carboxylic acids is 2. The van der Waals surface area contributed by atoms with Crippen LogP contribution in [0.1, 0.15) is 69.2 Å². The Balaban J connectivity index is 0.930. The summed E-state index contributed by atoms with van der Waals surface area (Å²) in [5.74, 6) is -0.860. The van der Waals surface area contributed by atoms with Crippen LogP contribution >= 0.6 is 0 Å². The van der Waals surface area contributed by atoms with Crippen LogP contribution in [0.25, 0.3) is 43.1 Å². The molecule has 0 aromatic heterocycles. The zero-order valence-electron chi connectivity index (χ0n) is 48.4. The van der Waals surface area contributed by atoms with Gasteiger partial charge in [-0.1, -0.05) is 160 Å². The molecule has 0 spiro atoms. The number of unbranched alkanes of at least 4 members (excludes halogenated alkanes) is 1. The Morgan fingerprint density at radius 2 is 0.809 bits per heavy atom. The number of fused-ring (bicyclic) bond motifs is 6. The normalized spacial score (nSPS) is 14.6. The van der Waals surface area contributed by atoms with Gasteiger partial charge in [0.05, 0.1) is 28.4 Å². The van der Waals surface area contributed by atoms with Crippen molar-refractivity contribution in [3.8, 4) is 23.0 Å². The number of carbonyl (C=O) groups is 2.